The first-order chi connectivity index (χ1) is 32.5. The van der Waals surface area contributed by atoms with Crippen molar-refractivity contribution in [2.45, 2.75) is 13.8 Å². The van der Waals surface area contributed by atoms with Crippen LogP contribution in [0.4, 0.5) is 0 Å². The van der Waals surface area contributed by atoms with E-state index in [-0.39, 0.29) is 0 Å². The third kappa shape index (κ3) is 6.55. The zero-order valence-corrected chi connectivity index (χ0v) is 36.4. The summed E-state index contributed by atoms with van der Waals surface area (Å²) in [5.74, 6) is 0.550. The third-order valence-electron chi connectivity index (χ3n) is 12.8. The van der Waals surface area contributed by atoms with Crippen molar-refractivity contribution >= 4 is 43.6 Å². The Morgan fingerprint density at radius 3 is 1.23 bits per heavy atom. The van der Waals surface area contributed by atoms with E-state index >= 15 is 0 Å². The molecule has 5 heteroatoms. The number of para-hydroxylation sites is 2. The summed E-state index contributed by atoms with van der Waals surface area (Å²) in [6.07, 6.45) is 0. The average Bonchev–Trinajstić information content (AvgIpc) is 3.88. The molecule has 0 atom stereocenters. The van der Waals surface area contributed by atoms with Gasteiger partial charge in [0.1, 0.15) is 0 Å². The van der Waals surface area contributed by atoms with E-state index in [0.29, 0.717) is 11.4 Å². The fourth-order valence-corrected chi connectivity index (χ4v) is 9.80. The standard InChI is InChI=1S/C61H41N5/c1-39-15-13-21-44(31-39)46-27-29-56-50(35-46)48-23-9-11-25-54(48)65(56)58-33-41(38-62)34-59(60(58)61-63-52(42-17-5-3-6-18-42)37-53(64-61)43-19-7-4-8-20-43)66-55-26-12-10-24-49(55)51-36-47(28-30-57(51)66)45-22-14-16-40(2)32-45/h3-37H,1-2H3. The van der Waals surface area contributed by atoms with Gasteiger partial charge in [-0.1, -0.05) is 169 Å². The van der Waals surface area contributed by atoms with Gasteiger partial charge in [0.2, 0.25) is 0 Å². The molecule has 0 fully saturated rings. The topological polar surface area (TPSA) is 59.4 Å². The molecule has 310 valence electrons. The second-order valence-corrected chi connectivity index (χ2v) is 17.1. The molecule has 12 rings (SSSR count). The van der Waals surface area contributed by atoms with Crippen molar-refractivity contribution in [1.82, 2.24) is 19.1 Å². The van der Waals surface area contributed by atoms with Crippen molar-refractivity contribution in [2.24, 2.45) is 0 Å². The minimum atomic E-state index is 0.524. The molecule has 66 heavy (non-hydrogen) atoms. The lowest BCUT2D eigenvalue weighted by atomic mass is 10.0. The first-order valence-electron chi connectivity index (χ1n) is 22.3. The molecule has 0 aliphatic heterocycles. The molecule has 0 radical (unpaired) electrons. The number of fused-ring (bicyclic) bond motifs is 6. The van der Waals surface area contributed by atoms with Crippen LogP contribution in [0.25, 0.3) is 111 Å². The van der Waals surface area contributed by atoms with Gasteiger partial charge in [0.05, 0.1) is 62.0 Å². The molecule has 9 aromatic carbocycles. The predicted octanol–water partition coefficient (Wildman–Crippen LogP) is 15.5. The number of aromatic nitrogens is 4. The van der Waals surface area contributed by atoms with E-state index in [9.17, 15) is 5.26 Å². The molecule has 0 saturated carbocycles. The number of rotatable bonds is 7. The van der Waals surface area contributed by atoms with Crippen LogP contribution in [0.3, 0.4) is 0 Å². The van der Waals surface area contributed by atoms with Crippen LogP contribution in [0.1, 0.15) is 16.7 Å². The van der Waals surface area contributed by atoms with E-state index < -0.39 is 0 Å². The Labute approximate surface area is 382 Å². The van der Waals surface area contributed by atoms with Gasteiger partial charge in [-0.2, -0.15) is 5.26 Å². The molecule has 3 heterocycles. The highest BCUT2D eigenvalue weighted by Gasteiger charge is 2.26. The van der Waals surface area contributed by atoms with Gasteiger partial charge in [-0.3, -0.25) is 0 Å². The number of hydrogen-bond donors (Lipinski definition) is 0. The lowest BCUT2D eigenvalue weighted by molar-refractivity contribution is 1.10. The fraction of sp³-hybridized carbons (Fsp3) is 0.0328. The largest absolute Gasteiger partial charge is 0.308 e. The molecule has 0 saturated heterocycles. The summed E-state index contributed by atoms with van der Waals surface area (Å²) in [6.45, 7) is 4.26. The van der Waals surface area contributed by atoms with Crippen molar-refractivity contribution in [2.75, 3.05) is 0 Å². The Morgan fingerprint density at radius 2 is 0.773 bits per heavy atom. The Kier molecular flexibility index (Phi) is 9.25. The number of nitriles is 1. The quantitative estimate of drug-likeness (QED) is 0.161. The lowest BCUT2D eigenvalue weighted by Crippen LogP contribution is -2.07. The van der Waals surface area contributed by atoms with Gasteiger partial charge >= 0.3 is 0 Å². The van der Waals surface area contributed by atoms with E-state index in [1.807, 2.05) is 48.5 Å². The van der Waals surface area contributed by atoms with Gasteiger partial charge in [0.25, 0.3) is 0 Å². The second kappa shape index (κ2) is 15.7. The maximum absolute atomic E-state index is 11.1. The molecule has 0 aliphatic carbocycles. The summed E-state index contributed by atoms with van der Waals surface area (Å²) in [5, 5.41) is 15.5. The minimum Gasteiger partial charge on any atom is -0.308 e. The summed E-state index contributed by atoms with van der Waals surface area (Å²) in [4.78, 5) is 11.0. The first-order valence-corrected chi connectivity index (χ1v) is 22.3. The number of aryl methyl sites for hydroxylation is 2. The number of benzene rings is 9. The predicted molar refractivity (Wildman–Crippen MR) is 272 cm³/mol. The monoisotopic (exact) mass is 843 g/mol. The molecule has 12 aromatic rings. The molecule has 3 aromatic heterocycles. The fourth-order valence-electron chi connectivity index (χ4n) is 9.80. The zero-order chi connectivity index (χ0) is 44.3. The van der Waals surface area contributed by atoms with Gasteiger partial charge in [-0.05, 0) is 90.7 Å². The van der Waals surface area contributed by atoms with Crippen molar-refractivity contribution in [3.63, 3.8) is 0 Å². The molecular weight excluding hydrogens is 803 g/mol. The van der Waals surface area contributed by atoms with Crippen LogP contribution in [-0.4, -0.2) is 19.1 Å². The highest BCUT2D eigenvalue weighted by atomic mass is 15.0. The smallest absolute Gasteiger partial charge is 0.164 e. The maximum Gasteiger partial charge on any atom is 0.164 e. The molecule has 0 aliphatic rings. The van der Waals surface area contributed by atoms with Crippen LogP contribution >= 0.6 is 0 Å². The van der Waals surface area contributed by atoms with Gasteiger partial charge in [-0.25, -0.2) is 9.97 Å². The summed E-state index contributed by atoms with van der Waals surface area (Å²) in [6, 6.07) is 77.2. The van der Waals surface area contributed by atoms with Crippen LogP contribution in [0.2, 0.25) is 0 Å². The number of hydrogen-bond acceptors (Lipinski definition) is 3. The molecule has 0 amide bonds. The van der Waals surface area contributed by atoms with Crippen LogP contribution in [0, 0.1) is 25.2 Å². The van der Waals surface area contributed by atoms with E-state index in [0.717, 1.165) is 94.2 Å². The Hall–Kier alpha value is -8.85. The molecule has 0 spiro atoms. The molecule has 0 N–H and O–H groups in total. The van der Waals surface area contributed by atoms with Crippen LogP contribution < -0.4 is 0 Å². The van der Waals surface area contributed by atoms with Gasteiger partial charge < -0.3 is 9.13 Å². The lowest BCUT2D eigenvalue weighted by Gasteiger charge is -2.21. The highest BCUT2D eigenvalue weighted by molar-refractivity contribution is 6.13. The van der Waals surface area contributed by atoms with Crippen molar-refractivity contribution in [3.8, 4) is 73.6 Å². The zero-order valence-electron chi connectivity index (χ0n) is 36.4. The molecule has 5 nitrogen and oxygen atoms in total. The SMILES string of the molecule is Cc1cccc(-c2ccc3c(c2)c2ccccc2n3-c2cc(C#N)cc(-n3c4ccccc4c4cc(-c5cccc(C)c5)ccc43)c2-c2nc(-c3ccccc3)cc(-c3ccccc3)n2)c1. The van der Waals surface area contributed by atoms with Gasteiger partial charge in [0, 0.05) is 32.7 Å². The average molecular weight is 844 g/mol. The normalized spacial score (nSPS) is 11.5. The summed E-state index contributed by atoms with van der Waals surface area (Å²) >= 11 is 0. The van der Waals surface area contributed by atoms with E-state index in [1.54, 1.807) is 0 Å². The summed E-state index contributed by atoms with van der Waals surface area (Å²) < 4.78 is 4.63. The van der Waals surface area contributed by atoms with Crippen molar-refractivity contribution in [3.05, 3.63) is 229 Å². The summed E-state index contributed by atoms with van der Waals surface area (Å²) in [7, 11) is 0. The van der Waals surface area contributed by atoms with E-state index in [4.69, 9.17) is 9.97 Å². The first kappa shape index (κ1) is 38.8. The Morgan fingerprint density at radius 1 is 0.364 bits per heavy atom. The van der Waals surface area contributed by atoms with Crippen LogP contribution in [-0.2, 0) is 0 Å². The highest BCUT2D eigenvalue weighted by Crippen LogP contribution is 2.44. The second-order valence-electron chi connectivity index (χ2n) is 17.1. The summed E-state index contributed by atoms with van der Waals surface area (Å²) in [5.41, 5.74) is 17.6. The molecule has 0 bridgehead atoms. The van der Waals surface area contributed by atoms with Crippen LogP contribution in [0.5, 0.6) is 0 Å². The Balaban J connectivity index is 1.23. The van der Waals surface area contributed by atoms with E-state index in [1.165, 1.54) is 22.3 Å². The minimum absolute atomic E-state index is 0.524. The Bertz CT molecular complexity index is 3660. The number of nitrogens with zero attached hydrogens (tertiary/aromatic N) is 5. The van der Waals surface area contributed by atoms with E-state index in [2.05, 4.69) is 193 Å². The molecular formula is C61H41N5. The van der Waals surface area contributed by atoms with Gasteiger partial charge in [0.15, 0.2) is 5.82 Å². The van der Waals surface area contributed by atoms with Gasteiger partial charge in [-0.15, -0.1) is 0 Å². The van der Waals surface area contributed by atoms with Crippen molar-refractivity contribution < 1.29 is 0 Å². The van der Waals surface area contributed by atoms with Crippen molar-refractivity contribution in [1.29, 1.82) is 5.26 Å². The molecule has 0 unspecified atom stereocenters. The third-order valence-corrected chi connectivity index (χ3v) is 12.8. The van der Waals surface area contributed by atoms with Crippen LogP contribution in [0.15, 0.2) is 212 Å². The maximum atomic E-state index is 11.1.